The van der Waals surface area contributed by atoms with Crippen LogP contribution in [0, 0.1) is 0 Å². The lowest BCUT2D eigenvalue weighted by Crippen LogP contribution is -2.18. The van der Waals surface area contributed by atoms with E-state index in [1.54, 1.807) is 12.1 Å². The Bertz CT molecular complexity index is 1030. The Morgan fingerprint density at radius 2 is 1.83 bits per heavy atom. The zero-order valence-corrected chi connectivity index (χ0v) is 18.5. The lowest BCUT2D eigenvalue weighted by atomic mass is 10.1. The van der Waals surface area contributed by atoms with Crippen molar-refractivity contribution in [2.24, 2.45) is 5.73 Å². The largest absolute Gasteiger partial charge is 0.497 e. The van der Waals surface area contributed by atoms with Crippen molar-refractivity contribution in [3.05, 3.63) is 40.3 Å². The summed E-state index contributed by atoms with van der Waals surface area (Å²) < 4.78 is 29.9. The van der Waals surface area contributed by atoms with Gasteiger partial charge in [0.1, 0.15) is 10.8 Å². The van der Waals surface area contributed by atoms with Crippen LogP contribution >= 0.6 is 11.3 Å². The summed E-state index contributed by atoms with van der Waals surface area (Å²) in [7, 11) is -1.98. The van der Waals surface area contributed by atoms with Crippen LogP contribution in [0.2, 0.25) is 0 Å². The summed E-state index contributed by atoms with van der Waals surface area (Å²) in [6.07, 6.45) is 5.07. The van der Waals surface area contributed by atoms with Gasteiger partial charge in [0.15, 0.2) is 9.84 Å². The van der Waals surface area contributed by atoms with E-state index in [0.29, 0.717) is 16.3 Å². The number of carbonyl (C=O) groups excluding carboxylic acids is 2. The molecule has 1 aliphatic rings. The summed E-state index contributed by atoms with van der Waals surface area (Å²) in [5.74, 6) is -0.422. The van der Waals surface area contributed by atoms with Crippen molar-refractivity contribution in [3.8, 4) is 5.75 Å². The highest BCUT2D eigenvalue weighted by Crippen LogP contribution is 2.37. The number of thiophene rings is 1. The van der Waals surface area contributed by atoms with Crippen LogP contribution in [0.4, 0.5) is 5.00 Å². The number of aryl methyl sites for hydroxylation is 1. The predicted molar refractivity (Wildman–Crippen MR) is 117 cm³/mol. The first-order valence-corrected chi connectivity index (χ1v) is 12.4. The third-order valence-corrected chi connectivity index (χ3v) is 8.18. The summed E-state index contributed by atoms with van der Waals surface area (Å²) in [6.45, 7) is 0. The summed E-state index contributed by atoms with van der Waals surface area (Å²) in [6, 6.07) is 6.16. The Hall–Kier alpha value is -2.39. The molecule has 1 aromatic heterocycles. The van der Waals surface area contributed by atoms with Crippen molar-refractivity contribution < 1.29 is 22.7 Å². The number of sulfone groups is 1. The summed E-state index contributed by atoms with van der Waals surface area (Å²) >= 11 is 1.41. The van der Waals surface area contributed by atoms with Crippen molar-refractivity contribution in [3.63, 3.8) is 0 Å². The molecule has 162 valence electrons. The average molecular weight is 451 g/mol. The molecule has 0 radical (unpaired) electrons. The fourth-order valence-corrected chi connectivity index (χ4v) is 6.23. The SMILES string of the molecule is COc1ccc(S(=O)(=O)CCCC(=O)Nc2sc3c(c2C(N)=O)CCCCC3)cc1. The van der Waals surface area contributed by atoms with Gasteiger partial charge in [-0.25, -0.2) is 8.42 Å². The molecule has 2 amide bonds. The van der Waals surface area contributed by atoms with Gasteiger partial charge >= 0.3 is 0 Å². The van der Waals surface area contributed by atoms with E-state index in [1.165, 1.54) is 30.6 Å². The van der Waals surface area contributed by atoms with Crippen LogP contribution in [-0.4, -0.2) is 33.1 Å². The standard InChI is InChI=1S/C21H26N2O5S2/c1-28-14-9-11-15(12-10-14)30(26,27)13-5-8-18(24)23-21-19(20(22)25)16-6-3-2-4-7-17(16)29-21/h9-12H,2-8,13H2,1H3,(H2,22,25)(H,23,24). The number of hydrogen-bond acceptors (Lipinski definition) is 6. The number of primary amides is 1. The number of benzene rings is 1. The molecule has 0 bridgehead atoms. The number of rotatable bonds is 8. The molecule has 1 aromatic carbocycles. The Kier molecular flexibility index (Phi) is 7.14. The molecule has 0 atom stereocenters. The Balaban J connectivity index is 1.61. The number of amides is 2. The fourth-order valence-electron chi connectivity index (χ4n) is 3.60. The van der Waals surface area contributed by atoms with Crippen molar-refractivity contribution in [1.82, 2.24) is 0 Å². The highest BCUT2D eigenvalue weighted by Gasteiger charge is 2.24. The van der Waals surface area contributed by atoms with Gasteiger partial charge in [-0.1, -0.05) is 6.42 Å². The molecule has 3 N–H and O–H groups in total. The van der Waals surface area contributed by atoms with Crippen molar-refractivity contribution in [2.45, 2.75) is 49.8 Å². The molecule has 0 saturated carbocycles. The van der Waals surface area contributed by atoms with Crippen LogP contribution in [0.15, 0.2) is 29.2 Å². The average Bonchev–Trinajstić information content (AvgIpc) is 2.88. The third-order valence-electron chi connectivity index (χ3n) is 5.16. The second kappa shape index (κ2) is 9.61. The van der Waals surface area contributed by atoms with Gasteiger partial charge in [-0.05, 0) is 61.9 Å². The molecular formula is C21H26N2O5S2. The van der Waals surface area contributed by atoms with Crippen LogP contribution in [0.5, 0.6) is 5.75 Å². The van der Waals surface area contributed by atoms with Gasteiger partial charge in [0.05, 0.1) is 23.3 Å². The second-order valence-electron chi connectivity index (χ2n) is 7.28. The van der Waals surface area contributed by atoms with Crippen LogP contribution in [0.3, 0.4) is 0 Å². The molecule has 0 aliphatic heterocycles. The summed E-state index contributed by atoms with van der Waals surface area (Å²) in [5.41, 5.74) is 6.95. The number of anilines is 1. The maximum Gasteiger partial charge on any atom is 0.251 e. The third kappa shape index (κ3) is 5.20. The van der Waals surface area contributed by atoms with Gasteiger partial charge < -0.3 is 15.8 Å². The number of ether oxygens (including phenoxy) is 1. The number of hydrogen-bond donors (Lipinski definition) is 2. The number of methoxy groups -OCH3 is 1. The van der Waals surface area contributed by atoms with Gasteiger partial charge in [0, 0.05) is 11.3 Å². The monoisotopic (exact) mass is 450 g/mol. The molecule has 9 heteroatoms. The minimum atomic E-state index is -3.49. The summed E-state index contributed by atoms with van der Waals surface area (Å²) in [5, 5.41) is 3.26. The van der Waals surface area contributed by atoms with Crippen molar-refractivity contribution >= 4 is 38.0 Å². The predicted octanol–water partition coefficient (Wildman–Crippen LogP) is 3.32. The lowest BCUT2D eigenvalue weighted by molar-refractivity contribution is -0.116. The molecule has 0 saturated heterocycles. The number of fused-ring (bicyclic) bond motifs is 1. The van der Waals surface area contributed by atoms with Gasteiger partial charge in [-0.3, -0.25) is 9.59 Å². The molecule has 2 aromatic rings. The fraction of sp³-hybridized carbons (Fsp3) is 0.429. The Labute approximate surface area is 180 Å². The van der Waals surface area contributed by atoms with Crippen LogP contribution < -0.4 is 15.8 Å². The zero-order chi connectivity index (χ0) is 21.7. The van der Waals surface area contributed by atoms with E-state index in [1.807, 2.05) is 0 Å². The zero-order valence-electron chi connectivity index (χ0n) is 16.9. The highest BCUT2D eigenvalue weighted by atomic mass is 32.2. The van der Waals surface area contributed by atoms with Crippen LogP contribution in [0.25, 0.3) is 0 Å². The molecule has 0 fully saturated rings. The van der Waals surface area contributed by atoms with E-state index in [4.69, 9.17) is 10.5 Å². The molecule has 30 heavy (non-hydrogen) atoms. The molecule has 7 nitrogen and oxygen atoms in total. The molecular weight excluding hydrogens is 424 g/mol. The number of nitrogens with one attached hydrogen (secondary N) is 1. The van der Waals surface area contributed by atoms with Crippen molar-refractivity contribution in [1.29, 1.82) is 0 Å². The smallest absolute Gasteiger partial charge is 0.251 e. The van der Waals surface area contributed by atoms with Crippen LogP contribution in [-0.2, 0) is 27.5 Å². The maximum absolute atomic E-state index is 12.4. The van der Waals surface area contributed by atoms with E-state index in [9.17, 15) is 18.0 Å². The first kappa shape index (κ1) is 22.3. The minimum Gasteiger partial charge on any atom is -0.497 e. The maximum atomic E-state index is 12.4. The molecule has 0 unspecified atom stereocenters. The number of nitrogens with two attached hydrogens (primary N) is 1. The van der Waals surface area contributed by atoms with Gasteiger partial charge in [0.2, 0.25) is 5.91 Å². The first-order chi connectivity index (χ1) is 14.3. The van der Waals surface area contributed by atoms with Crippen LogP contribution in [0.1, 0.15) is 52.9 Å². The van der Waals surface area contributed by atoms with Gasteiger partial charge in [0.25, 0.3) is 5.91 Å². The molecule has 1 heterocycles. The van der Waals surface area contributed by atoms with Crippen molar-refractivity contribution in [2.75, 3.05) is 18.2 Å². The quantitative estimate of drug-likeness (QED) is 0.599. The second-order valence-corrected chi connectivity index (χ2v) is 10.5. The Morgan fingerprint density at radius 1 is 1.13 bits per heavy atom. The van der Waals surface area contributed by atoms with E-state index in [0.717, 1.165) is 42.5 Å². The van der Waals surface area contributed by atoms with E-state index < -0.39 is 15.7 Å². The minimum absolute atomic E-state index is 0.0379. The molecule has 0 spiro atoms. The topological polar surface area (TPSA) is 116 Å². The summed E-state index contributed by atoms with van der Waals surface area (Å²) in [4.78, 5) is 25.7. The normalized spacial score (nSPS) is 13.9. The first-order valence-electron chi connectivity index (χ1n) is 9.93. The van der Waals surface area contributed by atoms with Gasteiger partial charge in [-0.15, -0.1) is 11.3 Å². The lowest BCUT2D eigenvalue weighted by Gasteiger charge is -2.07. The van der Waals surface area contributed by atoms with Gasteiger partial charge in [-0.2, -0.15) is 0 Å². The molecule has 3 rings (SSSR count). The highest BCUT2D eigenvalue weighted by molar-refractivity contribution is 7.91. The molecule has 1 aliphatic carbocycles. The Morgan fingerprint density at radius 3 is 2.50 bits per heavy atom. The van der Waals surface area contributed by atoms with E-state index in [-0.39, 0.29) is 29.4 Å². The van der Waals surface area contributed by atoms with E-state index in [2.05, 4.69) is 5.32 Å². The number of carbonyl (C=O) groups is 2. The van der Waals surface area contributed by atoms with E-state index >= 15 is 0 Å².